The number of nitrogens with zero attached hydrogens (tertiary/aromatic N) is 5. The maximum absolute atomic E-state index is 13.0. The van der Waals surface area contributed by atoms with Gasteiger partial charge in [-0.3, -0.25) is 19.4 Å². The van der Waals surface area contributed by atoms with E-state index in [-0.39, 0.29) is 11.3 Å². The Bertz CT molecular complexity index is 713. The molecule has 2 aromatic rings. The first-order chi connectivity index (χ1) is 11.2. The lowest BCUT2D eigenvalue weighted by Crippen LogP contribution is -2.36. The fourth-order valence-corrected chi connectivity index (χ4v) is 3.84. The third-order valence-electron chi connectivity index (χ3n) is 5.08. The lowest BCUT2D eigenvalue weighted by atomic mass is 9.85. The summed E-state index contributed by atoms with van der Waals surface area (Å²) in [6.07, 6.45) is 9.27. The molecule has 1 atom stereocenters. The molecule has 0 N–H and O–H groups in total. The van der Waals surface area contributed by atoms with E-state index >= 15 is 0 Å². The van der Waals surface area contributed by atoms with Crippen LogP contribution in [0, 0.1) is 5.41 Å². The predicted molar refractivity (Wildman–Crippen MR) is 86.7 cm³/mol. The number of likely N-dealkylation sites (tertiary alicyclic amines) is 1. The number of anilines is 1. The Kier molecular flexibility index (Phi) is 3.41. The number of pyridine rings is 1. The zero-order chi connectivity index (χ0) is 15.9. The van der Waals surface area contributed by atoms with Crippen molar-refractivity contribution in [2.45, 2.75) is 19.4 Å². The zero-order valence-electron chi connectivity index (χ0n) is 13.4. The average Bonchev–Trinajstić information content (AvgIpc) is 3.23. The van der Waals surface area contributed by atoms with E-state index in [9.17, 15) is 4.79 Å². The summed E-state index contributed by atoms with van der Waals surface area (Å²) in [7, 11) is 1.88. The minimum atomic E-state index is -0.210. The highest BCUT2D eigenvalue weighted by atomic mass is 16.2. The van der Waals surface area contributed by atoms with Crippen molar-refractivity contribution in [3.63, 3.8) is 0 Å². The van der Waals surface area contributed by atoms with Crippen LogP contribution < -0.4 is 4.90 Å². The van der Waals surface area contributed by atoms with Crippen LogP contribution in [0.1, 0.15) is 18.4 Å². The van der Waals surface area contributed by atoms with Crippen LogP contribution in [-0.2, 0) is 18.4 Å². The van der Waals surface area contributed by atoms with Gasteiger partial charge in [-0.05, 0) is 31.0 Å². The Labute approximate surface area is 135 Å². The van der Waals surface area contributed by atoms with Crippen molar-refractivity contribution >= 4 is 11.6 Å². The number of aryl methyl sites for hydroxylation is 1. The largest absolute Gasteiger partial charge is 0.309 e. The number of carbonyl (C=O) groups is 1. The number of amides is 1. The van der Waals surface area contributed by atoms with Gasteiger partial charge in [0.15, 0.2) is 0 Å². The topological polar surface area (TPSA) is 54.3 Å². The summed E-state index contributed by atoms with van der Waals surface area (Å²) >= 11 is 0. The van der Waals surface area contributed by atoms with Crippen molar-refractivity contribution in [2.75, 3.05) is 24.5 Å². The summed E-state index contributed by atoms with van der Waals surface area (Å²) in [6.45, 7) is 3.49. The quantitative estimate of drug-likeness (QED) is 0.861. The average molecular weight is 311 g/mol. The Morgan fingerprint density at radius 1 is 1.26 bits per heavy atom. The summed E-state index contributed by atoms with van der Waals surface area (Å²) in [4.78, 5) is 21.4. The maximum Gasteiger partial charge on any atom is 0.234 e. The number of hydrogen-bond acceptors (Lipinski definition) is 4. The molecule has 1 amide bonds. The molecular weight excluding hydrogens is 290 g/mol. The van der Waals surface area contributed by atoms with Crippen LogP contribution in [0.3, 0.4) is 0 Å². The van der Waals surface area contributed by atoms with Gasteiger partial charge in [-0.15, -0.1) is 0 Å². The Hall–Kier alpha value is -2.21. The van der Waals surface area contributed by atoms with Crippen molar-refractivity contribution in [3.05, 3.63) is 42.5 Å². The summed E-state index contributed by atoms with van der Waals surface area (Å²) in [5.41, 5.74) is 1.91. The van der Waals surface area contributed by atoms with Gasteiger partial charge in [-0.1, -0.05) is 6.07 Å². The van der Waals surface area contributed by atoms with Gasteiger partial charge in [0.25, 0.3) is 0 Å². The van der Waals surface area contributed by atoms with Crippen molar-refractivity contribution in [2.24, 2.45) is 12.5 Å². The number of rotatable bonds is 3. The van der Waals surface area contributed by atoms with Crippen molar-refractivity contribution < 1.29 is 4.79 Å². The minimum Gasteiger partial charge on any atom is -0.309 e. The summed E-state index contributed by atoms with van der Waals surface area (Å²) in [6, 6.07) is 4.06. The van der Waals surface area contributed by atoms with E-state index in [0.29, 0.717) is 0 Å². The maximum atomic E-state index is 13.0. The number of aromatic nitrogens is 3. The van der Waals surface area contributed by atoms with Gasteiger partial charge in [-0.2, -0.15) is 5.10 Å². The van der Waals surface area contributed by atoms with E-state index in [1.165, 1.54) is 5.56 Å². The molecular formula is C17H21N5O. The van der Waals surface area contributed by atoms with Gasteiger partial charge < -0.3 is 4.90 Å². The normalized spacial score (nSPS) is 24.9. The summed E-state index contributed by atoms with van der Waals surface area (Å²) < 4.78 is 1.75. The lowest BCUT2D eigenvalue weighted by Gasteiger charge is -2.23. The van der Waals surface area contributed by atoms with Crippen molar-refractivity contribution in [3.8, 4) is 0 Å². The van der Waals surface area contributed by atoms with E-state index in [1.807, 2.05) is 30.4 Å². The van der Waals surface area contributed by atoms with E-state index in [0.717, 1.165) is 44.7 Å². The van der Waals surface area contributed by atoms with Crippen LogP contribution in [0.4, 0.5) is 5.69 Å². The molecule has 0 radical (unpaired) electrons. The number of hydrogen-bond donors (Lipinski definition) is 0. The van der Waals surface area contributed by atoms with Crippen molar-refractivity contribution in [1.29, 1.82) is 0 Å². The monoisotopic (exact) mass is 311 g/mol. The molecule has 2 fully saturated rings. The fourth-order valence-electron chi connectivity index (χ4n) is 3.84. The standard InChI is InChI=1S/C17H21N5O/c1-20-12-15(10-19-20)22-8-5-17(16(22)23)4-7-21(13-17)11-14-3-2-6-18-9-14/h2-3,6,9-10,12H,4-5,7-8,11,13H2,1H3. The molecule has 6 heteroatoms. The summed E-state index contributed by atoms with van der Waals surface area (Å²) in [5.74, 6) is 0.263. The second kappa shape index (κ2) is 5.45. The Morgan fingerprint density at radius 2 is 2.13 bits per heavy atom. The first-order valence-corrected chi connectivity index (χ1v) is 8.08. The number of carbonyl (C=O) groups excluding carboxylic acids is 1. The highest BCUT2D eigenvalue weighted by molar-refractivity contribution is 6.00. The van der Waals surface area contributed by atoms with Gasteiger partial charge >= 0.3 is 0 Å². The van der Waals surface area contributed by atoms with Crippen LogP contribution in [0.5, 0.6) is 0 Å². The first kappa shape index (κ1) is 14.4. The predicted octanol–water partition coefficient (Wildman–Crippen LogP) is 1.44. The molecule has 4 rings (SSSR count). The molecule has 2 aliphatic heterocycles. The second-order valence-electron chi connectivity index (χ2n) is 6.68. The first-order valence-electron chi connectivity index (χ1n) is 8.08. The molecule has 2 aromatic heterocycles. The van der Waals surface area contributed by atoms with Crippen LogP contribution in [0.25, 0.3) is 0 Å². The molecule has 0 saturated carbocycles. The molecule has 1 spiro atoms. The lowest BCUT2D eigenvalue weighted by molar-refractivity contribution is -0.125. The molecule has 2 saturated heterocycles. The van der Waals surface area contributed by atoms with Crippen LogP contribution in [-0.4, -0.2) is 45.2 Å². The molecule has 1 unspecified atom stereocenters. The van der Waals surface area contributed by atoms with E-state index in [1.54, 1.807) is 17.1 Å². The Morgan fingerprint density at radius 3 is 2.87 bits per heavy atom. The SMILES string of the molecule is Cn1cc(N2CCC3(CCN(Cc4cccnc4)C3)C2=O)cn1. The Balaban J connectivity index is 1.47. The highest BCUT2D eigenvalue weighted by Gasteiger charge is 2.51. The van der Waals surface area contributed by atoms with E-state index in [4.69, 9.17) is 0 Å². The van der Waals surface area contributed by atoms with Gasteiger partial charge in [0, 0.05) is 45.3 Å². The highest BCUT2D eigenvalue weighted by Crippen LogP contribution is 2.42. The molecule has 4 heterocycles. The van der Waals surface area contributed by atoms with E-state index in [2.05, 4.69) is 21.0 Å². The molecule has 120 valence electrons. The van der Waals surface area contributed by atoms with Crippen molar-refractivity contribution in [1.82, 2.24) is 19.7 Å². The van der Waals surface area contributed by atoms with Gasteiger partial charge in [0.05, 0.1) is 17.3 Å². The zero-order valence-corrected chi connectivity index (χ0v) is 13.4. The smallest absolute Gasteiger partial charge is 0.234 e. The van der Waals surface area contributed by atoms with Gasteiger partial charge in [0.2, 0.25) is 5.91 Å². The molecule has 2 aliphatic rings. The molecule has 23 heavy (non-hydrogen) atoms. The molecule has 0 aromatic carbocycles. The van der Waals surface area contributed by atoms with Crippen LogP contribution >= 0.6 is 0 Å². The van der Waals surface area contributed by atoms with Gasteiger partial charge in [-0.25, -0.2) is 0 Å². The molecule has 0 bridgehead atoms. The minimum absolute atomic E-state index is 0.210. The second-order valence-corrected chi connectivity index (χ2v) is 6.68. The third kappa shape index (κ3) is 2.53. The fraction of sp³-hybridized carbons (Fsp3) is 0.471. The molecule has 6 nitrogen and oxygen atoms in total. The molecule has 0 aliphatic carbocycles. The summed E-state index contributed by atoms with van der Waals surface area (Å²) in [5, 5.41) is 4.19. The van der Waals surface area contributed by atoms with Crippen LogP contribution in [0.2, 0.25) is 0 Å². The third-order valence-corrected chi connectivity index (χ3v) is 5.08. The van der Waals surface area contributed by atoms with Crippen LogP contribution in [0.15, 0.2) is 36.9 Å². The van der Waals surface area contributed by atoms with Gasteiger partial charge in [0.1, 0.15) is 0 Å². The van der Waals surface area contributed by atoms with E-state index < -0.39 is 0 Å².